The third-order valence-electron chi connectivity index (χ3n) is 3.47. The highest BCUT2D eigenvalue weighted by atomic mass is 35.5. The van der Waals surface area contributed by atoms with Gasteiger partial charge in [0.2, 0.25) is 0 Å². The number of hydrogen-bond acceptors (Lipinski definition) is 4. The second kappa shape index (κ2) is 6.70. The Labute approximate surface area is 119 Å². The molecule has 1 aromatic rings. The second-order valence-electron chi connectivity index (χ2n) is 4.76. The van der Waals surface area contributed by atoms with E-state index in [1.54, 1.807) is 0 Å². The van der Waals surface area contributed by atoms with Crippen molar-refractivity contribution in [2.45, 2.75) is 45.6 Å². The molecule has 0 aliphatic carbocycles. The Morgan fingerprint density at radius 3 is 2.74 bits per heavy atom. The highest BCUT2D eigenvalue weighted by Crippen LogP contribution is 2.23. The first-order valence-corrected chi connectivity index (χ1v) is 7.15. The van der Waals surface area contributed by atoms with Crippen LogP contribution in [-0.2, 0) is 22.4 Å². The summed E-state index contributed by atoms with van der Waals surface area (Å²) in [7, 11) is 1.95. The van der Waals surface area contributed by atoms with Gasteiger partial charge in [-0.1, -0.05) is 11.6 Å². The number of aromatic nitrogens is 2. The Balaban J connectivity index is 2.04. The number of aryl methyl sites for hydroxylation is 2. The predicted molar refractivity (Wildman–Crippen MR) is 74.5 cm³/mol. The van der Waals surface area contributed by atoms with Crippen molar-refractivity contribution >= 4 is 11.6 Å². The van der Waals surface area contributed by atoms with Crippen LogP contribution < -0.4 is 5.32 Å². The molecular weight excluding hydrogens is 266 g/mol. The molecule has 2 heterocycles. The number of ether oxygens (including phenoxy) is 2. The van der Waals surface area contributed by atoms with Crippen LogP contribution in [0.25, 0.3) is 0 Å². The van der Waals surface area contributed by atoms with Crippen LogP contribution in [0.2, 0.25) is 5.02 Å². The van der Waals surface area contributed by atoms with Gasteiger partial charge in [-0.3, -0.25) is 4.68 Å². The maximum Gasteiger partial charge on any atom is 0.159 e. The number of nitrogens with zero attached hydrogens (tertiary/aromatic N) is 2. The van der Waals surface area contributed by atoms with Crippen LogP contribution in [0.4, 0.5) is 0 Å². The van der Waals surface area contributed by atoms with Crippen molar-refractivity contribution in [1.82, 2.24) is 15.1 Å². The van der Waals surface area contributed by atoms with Gasteiger partial charge < -0.3 is 14.8 Å². The lowest BCUT2D eigenvalue weighted by atomic mass is 10.1. The molecule has 5 nitrogen and oxygen atoms in total. The van der Waals surface area contributed by atoms with E-state index in [-0.39, 0.29) is 12.3 Å². The third kappa shape index (κ3) is 3.48. The van der Waals surface area contributed by atoms with Gasteiger partial charge in [0.25, 0.3) is 0 Å². The van der Waals surface area contributed by atoms with E-state index in [1.165, 1.54) is 0 Å². The minimum Gasteiger partial charge on any atom is -0.350 e. The molecule has 1 aliphatic rings. The number of rotatable bonds is 6. The van der Waals surface area contributed by atoms with Crippen LogP contribution in [-0.4, -0.2) is 42.4 Å². The predicted octanol–water partition coefficient (Wildman–Crippen LogP) is 1.76. The van der Waals surface area contributed by atoms with Crippen LogP contribution in [0.15, 0.2) is 0 Å². The summed E-state index contributed by atoms with van der Waals surface area (Å²) in [5.74, 6) is 0. The average molecular weight is 288 g/mol. The van der Waals surface area contributed by atoms with Gasteiger partial charge in [-0.05, 0) is 20.9 Å². The van der Waals surface area contributed by atoms with Crippen molar-refractivity contribution < 1.29 is 9.47 Å². The van der Waals surface area contributed by atoms with E-state index in [1.807, 2.05) is 18.7 Å². The van der Waals surface area contributed by atoms with Crippen molar-refractivity contribution in [2.75, 3.05) is 20.3 Å². The molecule has 1 atom stereocenters. The summed E-state index contributed by atoms with van der Waals surface area (Å²) in [5.41, 5.74) is 1.97. The Kier molecular flexibility index (Phi) is 5.21. The number of likely N-dealkylation sites (N-methyl/N-ethyl adjacent to an activating group) is 1. The molecule has 0 saturated carbocycles. The third-order valence-corrected chi connectivity index (χ3v) is 3.96. The van der Waals surface area contributed by atoms with Crippen molar-refractivity contribution in [3.05, 3.63) is 16.4 Å². The van der Waals surface area contributed by atoms with Crippen molar-refractivity contribution in [2.24, 2.45) is 0 Å². The highest BCUT2D eigenvalue weighted by molar-refractivity contribution is 6.31. The van der Waals surface area contributed by atoms with E-state index < -0.39 is 0 Å². The molecule has 0 radical (unpaired) electrons. The summed E-state index contributed by atoms with van der Waals surface area (Å²) < 4.78 is 13.0. The zero-order valence-corrected chi connectivity index (χ0v) is 12.5. The van der Waals surface area contributed by atoms with Gasteiger partial charge in [0.15, 0.2) is 6.29 Å². The summed E-state index contributed by atoms with van der Waals surface area (Å²) in [6.45, 7) is 6.22. The van der Waals surface area contributed by atoms with E-state index in [0.717, 1.165) is 35.8 Å². The molecule has 2 rings (SSSR count). The molecule has 0 bridgehead atoms. The molecule has 1 unspecified atom stereocenters. The average Bonchev–Trinajstić information content (AvgIpc) is 3.01. The first kappa shape index (κ1) is 14.8. The quantitative estimate of drug-likeness (QED) is 0.866. The van der Waals surface area contributed by atoms with Crippen molar-refractivity contribution in [3.8, 4) is 0 Å². The van der Waals surface area contributed by atoms with Crippen LogP contribution in [0, 0.1) is 6.92 Å². The topological polar surface area (TPSA) is 48.3 Å². The molecule has 19 heavy (non-hydrogen) atoms. The van der Waals surface area contributed by atoms with Gasteiger partial charge in [0.1, 0.15) is 0 Å². The van der Waals surface area contributed by atoms with Crippen molar-refractivity contribution in [3.63, 3.8) is 0 Å². The molecule has 1 aromatic heterocycles. The summed E-state index contributed by atoms with van der Waals surface area (Å²) in [6.07, 6.45) is 1.55. The molecule has 0 amide bonds. The molecule has 0 aromatic carbocycles. The Morgan fingerprint density at radius 2 is 2.16 bits per heavy atom. The summed E-state index contributed by atoms with van der Waals surface area (Å²) in [5, 5.41) is 8.52. The van der Waals surface area contributed by atoms with Crippen molar-refractivity contribution in [1.29, 1.82) is 0 Å². The van der Waals surface area contributed by atoms with Crippen LogP contribution in [0.3, 0.4) is 0 Å². The first-order chi connectivity index (χ1) is 9.15. The fraction of sp³-hybridized carbons (Fsp3) is 0.769. The lowest BCUT2D eigenvalue weighted by molar-refractivity contribution is -0.0523. The van der Waals surface area contributed by atoms with E-state index in [2.05, 4.69) is 17.3 Å². The van der Waals surface area contributed by atoms with Crippen LogP contribution in [0.1, 0.15) is 24.7 Å². The van der Waals surface area contributed by atoms with Crippen LogP contribution >= 0.6 is 11.6 Å². The number of nitrogens with one attached hydrogen (secondary N) is 1. The van der Waals surface area contributed by atoms with E-state index in [4.69, 9.17) is 21.1 Å². The molecule has 1 N–H and O–H groups in total. The molecule has 1 fully saturated rings. The lowest BCUT2D eigenvalue weighted by Crippen LogP contribution is -2.33. The van der Waals surface area contributed by atoms with Gasteiger partial charge >= 0.3 is 0 Å². The molecule has 1 aliphatic heterocycles. The second-order valence-corrected chi connectivity index (χ2v) is 5.14. The lowest BCUT2D eigenvalue weighted by Gasteiger charge is -2.20. The van der Waals surface area contributed by atoms with Gasteiger partial charge in [0, 0.05) is 25.4 Å². The summed E-state index contributed by atoms with van der Waals surface area (Å²) in [6, 6.07) is 0.266. The Bertz CT molecular complexity index is 416. The minimum atomic E-state index is -0.102. The fourth-order valence-corrected chi connectivity index (χ4v) is 2.59. The van der Waals surface area contributed by atoms with E-state index >= 15 is 0 Å². The summed E-state index contributed by atoms with van der Waals surface area (Å²) >= 11 is 6.34. The monoisotopic (exact) mass is 287 g/mol. The minimum absolute atomic E-state index is 0.102. The Hall–Kier alpha value is -0.620. The molecule has 108 valence electrons. The van der Waals surface area contributed by atoms with Crippen LogP contribution in [0.5, 0.6) is 0 Å². The van der Waals surface area contributed by atoms with E-state index in [9.17, 15) is 0 Å². The fourth-order valence-electron chi connectivity index (χ4n) is 2.38. The largest absolute Gasteiger partial charge is 0.350 e. The highest BCUT2D eigenvalue weighted by Gasteiger charge is 2.23. The maximum absolute atomic E-state index is 6.34. The maximum atomic E-state index is 6.34. The molecule has 0 spiro atoms. The zero-order chi connectivity index (χ0) is 13.8. The summed E-state index contributed by atoms with van der Waals surface area (Å²) in [4.78, 5) is 0. The molecular formula is C13H22ClN3O2. The Morgan fingerprint density at radius 1 is 1.47 bits per heavy atom. The SMILES string of the molecule is CCn1nc(C)c(Cl)c1CC(CC1OCCO1)NC. The normalized spacial score (nSPS) is 18.1. The first-order valence-electron chi connectivity index (χ1n) is 6.78. The van der Waals surface area contributed by atoms with Gasteiger partial charge in [-0.15, -0.1) is 0 Å². The molecule has 1 saturated heterocycles. The van der Waals surface area contributed by atoms with Gasteiger partial charge in [-0.25, -0.2) is 0 Å². The number of hydrogen-bond donors (Lipinski definition) is 1. The van der Waals surface area contributed by atoms with E-state index in [0.29, 0.717) is 13.2 Å². The van der Waals surface area contributed by atoms with Gasteiger partial charge in [0.05, 0.1) is 29.6 Å². The molecule has 6 heteroatoms. The smallest absolute Gasteiger partial charge is 0.159 e. The van der Waals surface area contributed by atoms with Gasteiger partial charge in [-0.2, -0.15) is 5.10 Å². The number of halogens is 1. The zero-order valence-electron chi connectivity index (χ0n) is 11.8. The standard InChI is InChI=1S/C13H22ClN3O2/c1-4-17-11(13(14)9(2)16-17)7-10(15-3)8-12-18-5-6-19-12/h10,12,15H,4-8H2,1-3H3.